The van der Waals surface area contributed by atoms with Crippen LogP contribution in [0.1, 0.15) is 13.8 Å². The van der Waals surface area contributed by atoms with Crippen molar-refractivity contribution in [1.29, 1.82) is 0 Å². The van der Waals surface area contributed by atoms with Crippen molar-refractivity contribution >= 4 is 16.6 Å². The van der Waals surface area contributed by atoms with E-state index in [0.717, 1.165) is 49.4 Å². The predicted octanol–water partition coefficient (Wildman–Crippen LogP) is 1.93. The van der Waals surface area contributed by atoms with Crippen molar-refractivity contribution in [3.05, 3.63) is 30.3 Å². The van der Waals surface area contributed by atoms with Crippen LogP contribution in [0.5, 0.6) is 0 Å². The molecule has 5 nitrogen and oxygen atoms in total. The van der Waals surface area contributed by atoms with Gasteiger partial charge < -0.3 is 10.5 Å². The zero-order valence-electron chi connectivity index (χ0n) is 12.7. The Balaban J connectivity index is 1.71. The Labute approximate surface area is 125 Å². The van der Waals surface area contributed by atoms with Gasteiger partial charge in [0.05, 0.1) is 31.0 Å². The van der Waals surface area contributed by atoms with Gasteiger partial charge in [-0.1, -0.05) is 19.9 Å². The summed E-state index contributed by atoms with van der Waals surface area (Å²) in [4.78, 5) is 2.45. The molecule has 2 N–H and O–H groups in total. The number of hydrogen-bond donors (Lipinski definition) is 1. The largest absolute Gasteiger partial charge is 0.398 e. The number of nitrogen functional groups attached to an aromatic ring is 1. The van der Waals surface area contributed by atoms with Gasteiger partial charge in [0.1, 0.15) is 0 Å². The third-order valence-electron chi connectivity index (χ3n) is 3.86. The standard InChI is InChI=1S/C16H23N4O/c1-12(2)9-19-6-7-21-13(10-19)11-20-16-5-3-4-15(17)14(16)8-18-20/h3-5,8,13H,6-7,9-11,17H2,1-2H3. The van der Waals surface area contributed by atoms with Gasteiger partial charge in [0.15, 0.2) is 0 Å². The molecule has 0 amide bonds. The number of rotatable bonds is 4. The average Bonchev–Trinajstić information content (AvgIpc) is 2.83. The first-order valence-corrected chi connectivity index (χ1v) is 7.46. The maximum atomic E-state index is 5.98. The number of hydrogen-bond acceptors (Lipinski definition) is 4. The molecule has 1 unspecified atom stereocenters. The number of aromatic nitrogens is 2. The summed E-state index contributed by atoms with van der Waals surface area (Å²) in [5.41, 5.74) is 7.84. The van der Waals surface area contributed by atoms with Crippen molar-refractivity contribution in [2.75, 3.05) is 32.0 Å². The highest BCUT2D eigenvalue weighted by Gasteiger charge is 2.22. The molecule has 0 bridgehead atoms. The Bertz CT molecular complexity index is 607. The summed E-state index contributed by atoms with van der Waals surface area (Å²) >= 11 is 0. The highest BCUT2D eigenvalue weighted by atomic mass is 16.5. The maximum absolute atomic E-state index is 5.98. The van der Waals surface area contributed by atoms with Gasteiger partial charge in [-0.05, 0) is 18.1 Å². The molecule has 1 aliphatic rings. The van der Waals surface area contributed by atoms with Crippen LogP contribution in [0.2, 0.25) is 0 Å². The molecule has 1 fully saturated rings. The van der Waals surface area contributed by atoms with Crippen LogP contribution < -0.4 is 5.73 Å². The van der Waals surface area contributed by atoms with E-state index in [-0.39, 0.29) is 6.10 Å². The SMILES string of the molecule is C[C](C)CN1CCOC(Cn2ncc3c(N)cccc32)C1. The number of fused-ring (bicyclic) bond motifs is 1. The van der Waals surface area contributed by atoms with E-state index >= 15 is 0 Å². The molecule has 1 aromatic carbocycles. The fourth-order valence-corrected chi connectivity index (χ4v) is 2.95. The Morgan fingerprint density at radius 3 is 3.10 bits per heavy atom. The van der Waals surface area contributed by atoms with Gasteiger partial charge in [-0.15, -0.1) is 0 Å². The fraction of sp³-hybridized carbons (Fsp3) is 0.500. The molecule has 1 aromatic heterocycles. The quantitative estimate of drug-likeness (QED) is 0.873. The molecule has 1 aliphatic heterocycles. The van der Waals surface area contributed by atoms with Gasteiger partial charge >= 0.3 is 0 Å². The third kappa shape index (κ3) is 3.19. The van der Waals surface area contributed by atoms with Crippen LogP contribution in [0.3, 0.4) is 0 Å². The molecular formula is C16H23N4O. The van der Waals surface area contributed by atoms with Crippen LogP contribution >= 0.6 is 0 Å². The third-order valence-corrected chi connectivity index (χ3v) is 3.86. The highest BCUT2D eigenvalue weighted by Crippen LogP contribution is 2.21. The maximum Gasteiger partial charge on any atom is 0.0898 e. The lowest BCUT2D eigenvalue weighted by Crippen LogP contribution is -2.45. The predicted molar refractivity (Wildman–Crippen MR) is 84.9 cm³/mol. The lowest BCUT2D eigenvalue weighted by molar-refractivity contribution is -0.0353. The van der Waals surface area contributed by atoms with Gasteiger partial charge in [0.25, 0.3) is 0 Å². The summed E-state index contributed by atoms with van der Waals surface area (Å²) in [5.74, 6) is 1.44. The number of benzene rings is 1. The van der Waals surface area contributed by atoms with E-state index in [9.17, 15) is 0 Å². The summed E-state index contributed by atoms with van der Waals surface area (Å²) in [6.45, 7) is 8.92. The minimum atomic E-state index is 0.183. The monoisotopic (exact) mass is 287 g/mol. The van der Waals surface area contributed by atoms with E-state index in [1.54, 1.807) is 0 Å². The van der Waals surface area contributed by atoms with Gasteiger partial charge in [0.2, 0.25) is 0 Å². The molecular weight excluding hydrogens is 264 g/mol. The van der Waals surface area contributed by atoms with Crippen LogP contribution in [0.15, 0.2) is 24.4 Å². The lowest BCUT2D eigenvalue weighted by atomic mass is 10.1. The Kier molecular flexibility index (Phi) is 4.12. The number of nitrogens with zero attached hydrogens (tertiary/aromatic N) is 3. The van der Waals surface area contributed by atoms with Gasteiger partial charge in [-0.25, -0.2) is 0 Å². The summed E-state index contributed by atoms with van der Waals surface area (Å²) < 4.78 is 7.90. The van der Waals surface area contributed by atoms with Gasteiger partial charge in [0, 0.05) is 30.7 Å². The van der Waals surface area contributed by atoms with Crippen molar-refractivity contribution in [1.82, 2.24) is 14.7 Å². The van der Waals surface area contributed by atoms with E-state index in [0.29, 0.717) is 0 Å². The number of morpholine rings is 1. The molecule has 0 spiro atoms. The molecule has 1 saturated heterocycles. The van der Waals surface area contributed by atoms with Crippen LogP contribution in [0, 0.1) is 5.92 Å². The van der Waals surface area contributed by atoms with Crippen LogP contribution in [-0.4, -0.2) is 47.0 Å². The second kappa shape index (κ2) is 6.03. The lowest BCUT2D eigenvalue weighted by Gasteiger charge is -2.33. The molecule has 2 heterocycles. The topological polar surface area (TPSA) is 56.3 Å². The molecule has 113 valence electrons. The van der Waals surface area contributed by atoms with Gasteiger partial charge in [-0.2, -0.15) is 5.10 Å². The molecule has 2 aromatic rings. The summed E-state index contributed by atoms with van der Waals surface area (Å²) in [6.07, 6.45) is 2.03. The van der Waals surface area contributed by atoms with Crippen molar-refractivity contribution < 1.29 is 4.74 Å². The first-order valence-electron chi connectivity index (χ1n) is 7.46. The Morgan fingerprint density at radius 1 is 1.43 bits per heavy atom. The molecule has 21 heavy (non-hydrogen) atoms. The molecule has 1 radical (unpaired) electrons. The number of anilines is 1. The van der Waals surface area contributed by atoms with Crippen molar-refractivity contribution in [3.63, 3.8) is 0 Å². The molecule has 3 rings (SSSR count). The minimum absolute atomic E-state index is 0.183. The van der Waals surface area contributed by atoms with Crippen molar-refractivity contribution in [2.24, 2.45) is 0 Å². The molecule has 1 atom stereocenters. The van der Waals surface area contributed by atoms with E-state index in [2.05, 4.69) is 29.9 Å². The summed E-state index contributed by atoms with van der Waals surface area (Å²) in [5, 5.41) is 5.49. The Hall–Kier alpha value is -1.59. The Morgan fingerprint density at radius 2 is 2.29 bits per heavy atom. The van der Waals surface area contributed by atoms with Crippen molar-refractivity contribution in [2.45, 2.75) is 26.5 Å². The van der Waals surface area contributed by atoms with E-state index in [1.807, 2.05) is 23.0 Å². The van der Waals surface area contributed by atoms with E-state index in [1.165, 1.54) is 5.92 Å². The van der Waals surface area contributed by atoms with E-state index < -0.39 is 0 Å². The second-order valence-corrected chi connectivity index (χ2v) is 6.04. The van der Waals surface area contributed by atoms with Crippen LogP contribution in [0.25, 0.3) is 10.9 Å². The first-order chi connectivity index (χ1) is 10.1. The summed E-state index contributed by atoms with van der Waals surface area (Å²) in [7, 11) is 0. The van der Waals surface area contributed by atoms with Gasteiger partial charge in [-0.3, -0.25) is 9.58 Å². The van der Waals surface area contributed by atoms with E-state index in [4.69, 9.17) is 10.5 Å². The summed E-state index contributed by atoms with van der Waals surface area (Å²) in [6, 6.07) is 5.94. The fourth-order valence-electron chi connectivity index (χ4n) is 2.95. The molecule has 0 saturated carbocycles. The zero-order valence-corrected chi connectivity index (χ0v) is 12.7. The number of ether oxygens (including phenoxy) is 1. The smallest absolute Gasteiger partial charge is 0.0898 e. The highest BCUT2D eigenvalue weighted by molar-refractivity contribution is 5.90. The normalized spacial score (nSPS) is 20.4. The van der Waals surface area contributed by atoms with Crippen molar-refractivity contribution in [3.8, 4) is 0 Å². The minimum Gasteiger partial charge on any atom is -0.398 e. The second-order valence-electron chi connectivity index (χ2n) is 6.04. The van der Waals surface area contributed by atoms with Crippen LogP contribution in [0.4, 0.5) is 5.69 Å². The van der Waals surface area contributed by atoms with Crippen LogP contribution in [-0.2, 0) is 11.3 Å². The number of nitrogens with two attached hydrogens (primary N) is 1. The molecule has 5 heteroatoms. The zero-order chi connectivity index (χ0) is 14.8. The molecule has 0 aliphatic carbocycles. The average molecular weight is 287 g/mol. The first kappa shape index (κ1) is 14.4.